The lowest BCUT2D eigenvalue weighted by Gasteiger charge is -2.04. The topological polar surface area (TPSA) is 44.1 Å². The average molecular weight is 292 g/mol. The fourth-order valence-electron chi connectivity index (χ4n) is 2.28. The van der Waals surface area contributed by atoms with Gasteiger partial charge in [-0.05, 0) is 41.1 Å². The van der Waals surface area contributed by atoms with Gasteiger partial charge in [0.05, 0.1) is 19.1 Å². The zero-order valence-corrected chi connectivity index (χ0v) is 12.5. The average Bonchev–Trinajstić information content (AvgIpc) is 2.97. The maximum atomic E-state index is 12.2. The Balaban J connectivity index is 1.86. The van der Waals surface area contributed by atoms with Crippen LogP contribution in [0.5, 0.6) is 5.75 Å². The van der Waals surface area contributed by atoms with Crippen molar-refractivity contribution in [3.8, 4) is 5.75 Å². The molecule has 0 bridgehead atoms. The highest BCUT2D eigenvalue weighted by molar-refractivity contribution is 6.08. The Hall–Kier alpha value is -2.88. The molecule has 0 aliphatic heterocycles. The molecule has 2 aromatic carbocycles. The SMILES string of the molecule is COc1ccc2cc(C(=O)/C=C/c3cn(C)cn3)ccc2c1. The standard InChI is InChI=1S/C18H16N2O2/c1-20-11-16(19-12-20)6-8-18(21)15-4-3-14-10-17(22-2)7-5-13(14)9-15/h3-12H,1-2H3/b8-6+. The second-order valence-electron chi connectivity index (χ2n) is 5.09. The molecule has 0 aliphatic carbocycles. The molecule has 0 unspecified atom stereocenters. The number of allylic oxidation sites excluding steroid dienone is 1. The van der Waals surface area contributed by atoms with E-state index in [2.05, 4.69) is 4.98 Å². The first-order chi connectivity index (χ1) is 10.7. The molecule has 0 atom stereocenters. The van der Waals surface area contributed by atoms with Gasteiger partial charge >= 0.3 is 0 Å². The van der Waals surface area contributed by atoms with E-state index in [1.54, 1.807) is 25.6 Å². The van der Waals surface area contributed by atoms with Crippen LogP contribution in [0.3, 0.4) is 0 Å². The lowest BCUT2D eigenvalue weighted by atomic mass is 10.0. The molecule has 0 amide bonds. The smallest absolute Gasteiger partial charge is 0.185 e. The van der Waals surface area contributed by atoms with Gasteiger partial charge in [-0.2, -0.15) is 0 Å². The number of hydrogen-bond donors (Lipinski definition) is 0. The quantitative estimate of drug-likeness (QED) is 0.546. The van der Waals surface area contributed by atoms with Crippen LogP contribution in [0.4, 0.5) is 0 Å². The van der Waals surface area contributed by atoms with Gasteiger partial charge in [0.25, 0.3) is 0 Å². The summed E-state index contributed by atoms with van der Waals surface area (Å²) in [6.07, 6.45) is 6.83. The predicted molar refractivity (Wildman–Crippen MR) is 87.1 cm³/mol. The van der Waals surface area contributed by atoms with Crippen LogP contribution < -0.4 is 4.74 Å². The molecule has 0 N–H and O–H groups in total. The summed E-state index contributed by atoms with van der Waals surface area (Å²) in [5.74, 6) is 0.769. The van der Waals surface area contributed by atoms with Crippen LogP contribution in [0, 0.1) is 0 Å². The van der Waals surface area contributed by atoms with E-state index in [4.69, 9.17) is 4.74 Å². The van der Waals surface area contributed by atoms with Crippen molar-refractivity contribution < 1.29 is 9.53 Å². The van der Waals surface area contributed by atoms with Gasteiger partial charge in [-0.1, -0.05) is 18.2 Å². The largest absolute Gasteiger partial charge is 0.497 e. The van der Waals surface area contributed by atoms with E-state index in [-0.39, 0.29) is 5.78 Å². The predicted octanol–water partition coefficient (Wildman–Crippen LogP) is 3.48. The molecular weight excluding hydrogens is 276 g/mol. The van der Waals surface area contributed by atoms with Crippen molar-refractivity contribution in [2.45, 2.75) is 0 Å². The normalized spacial score (nSPS) is 11.2. The van der Waals surface area contributed by atoms with Gasteiger partial charge in [-0.3, -0.25) is 4.79 Å². The molecule has 0 radical (unpaired) electrons. The molecule has 22 heavy (non-hydrogen) atoms. The summed E-state index contributed by atoms with van der Waals surface area (Å²) in [6.45, 7) is 0. The molecule has 1 heterocycles. The number of imidazole rings is 1. The summed E-state index contributed by atoms with van der Waals surface area (Å²) in [6, 6.07) is 11.4. The van der Waals surface area contributed by atoms with Crippen LogP contribution >= 0.6 is 0 Å². The molecule has 110 valence electrons. The highest BCUT2D eigenvalue weighted by atomic mass is 16.5. The highest BCUT2D eigenvalue weighted by Crippen LogP contribution is 2.22. The van der Waals surface area contributed by atoms with Gasteiger partial charge in [0.1, 0.15) is 5.75 Å². The van der Waals surface area contributed by atoms with E-state index < -0.39 is 0 Å². The van der Waals surface area contributed by atoms with Gasteiger partial charge in [-0.15, -0.1) is 0 Å². The van der Waals surface area contributed by atoms with Gasteiger partial charge in [0, 0.05) is 18.8 Å². The van der Waals surface area contributed by atoms with Crippen molar-refractivity contribution in [1.82, 2.24) is 9.55 Å². The van der Waals surface area contributed by atoms with Gasteiger partial charge in [-0.25, -0.2) is 4.98 Å². The second-order valence-corrected chi connectivity index (χ2v) is 5.09. The minimum absolute atomic E-state index is 0.0385. The zero-order valence-electron chi connectivity index (χ0n) is 12.5. The summed E-state index contributed by atoms with van der Waals surface area (Å²) in [7, 11) is 3.53. The highest BCUT2D eigenvalue weighted by Gasteiger charge is 2.04. The summed E-state index contributed by atoms with van der Waals surface area (Å²) in [5, 5.41) is 2.06. The minimum atomic E-state index is -0.0385. The molecule has 0 saturated heterocycles. The van der Waals surface area contributed by atoms with Crippen LogP contribution in [-0.2, 0) is 7.05 Å². The van der Waals surface area contributed by atoms with Gasteiger partial charge in [0.2, 0.25) is 0 Å². The number of hydrogen-bond acceptors (Lipinski definition) is 3. The van der Waals surface area contributed by atoms with E-state index in [9.17, 15) is 4.79 Å². The molecular formula is C18H16N2O2. The Labute approximate surface area is 128 Å². The summed E-state index contributed by atoms with van der Waals surface area (Å²) >= 11 is 0. The van der Waals surface area contributed by atoms with Crippen molar-refractivity contribution >= 4 is 22.6 Å². The summed E-state index contributed by atoms with van der Waals surface area (Å²) in [5.41, 5.74) is 1.42. The van der Waals surface area contributed by atoms with Crippen molar-refractivity contribution in [1.29, 1.82) is 0 Å². The molecule has 0 aliphatic rings. The van der Waals surface area contributed by atoms with E-state index in [1.165, 1.54) is 0 Å². The van der Waals surface area contributed by atoms with E-state index in [1.807, 2.05) is 54.2 Å². The number of ketones is 1. The lowest BCUT2D eigenvalue weighted by molar-refractivity contribution is 0.104. The van der Waals surface area contributed by atoms with Crippen LogP contribution in [0.25, 0.3) is 16.8 Å². The third-order valence-electron chi connectivity index (χ3n) is 3.46. The number of carbonyl (C=O) groups excluding carboxylic acids is 1. The number of aromatic nitrogens is 2. The number of nitrogens with zero attached hydrogens (tertiary/aromatic N) is 2. The lowest BCUT2D eigenvalue weighted by Crippen LogP contribution is -1.94. The first-order valence-corrected chi connectivity index (χ1v) is 6.94. The number of carbonyl (C=O) groups is 1. The molecule has 1 aromatic heterocycles. The maximum absolute atomic E-state index is 12.2. The summed E-state index contributed by atoms with van der Waals surface area (Å²) in [4.78, 5) is 16.4. The number of methoxy groups -OCH3 is 1. The zero-order chi connectivity index (χ0) is 15.5. The van der Waals surface area contributed by atoms with E-state index in [0.29, 0.717) is 5.56 Å². The van der Waals surface area contributed by atoms with Gasteiger partial charge < -0.3 is 9.30 Å². The fourth-order valence-corrected chi connectivity index (χ4v) is 2.28. The maximum Gasteiger partial charge on any atom is 0.185 e. The Morgan fingerprint density at radius 2 is 1.95 bits per heavy atom. The number of rotatable bonds is 4. The number of fused-ring (bicyclic) bond motifs is 1. The Morgan fingerprint density at radius 3 is 2.68 bits per heavy atom. The Morgan fingerprint density at radius 1 is 1.18 bits per heavy atom. The van der Waals surface area contributed by atoms with Crippen LogP contribution in [0.1, 0.15) is 16.1 Å². The number of benzene rings is 2. The van der Waals surface area contributed by atoms with Gasteiger partial charge in [0.15, 0.2) is 5.78 Å². The first kappa shape index (κ1) is 14.1. The Kier molecular flexibility index (Phi) is 3.74. The van der Waals surface area contributed by atoms with E-state index >= 15 is 0 Å². The van der Waals surface area contributed by atoms with Crippen molar-refractivity contribution in [2.75, 3.05) is 7.11 Å². The monoisotopic (exact) mass is 292 g/mol. The Bertz CT molecular complexity index is 862. The fraction of sp³-hybridized carbons (Fsp3) is 0.111. The number of ether oxygens (including phenoxy) is 1. The van der Waals surface area contributed by atoms with Crippen molar-refractivity contribution in [2.24, 2.45) is 7.05 Å². The molecule has 0 fully saturated rings. The molecule has 0 saturated carbocycles. The third kappa shape index (κ3) is 2.91. The molecule has 4 heteroatoms. The molecule has 3 aromatic rings. The van der Waals surface area contributed by atoms with Crippen molar-refractivity contribution in [3.05, 3.63) is 66.3 Å². The first-order valence-electron chi connectivity index (χ1n) is 6.94. The van der Waals surface area contributed by atoms with Crippen LogP contribution in [-0.4, -0.2) is 22.4 Å². The third-order valence-corrected chi connectivity index (χ3v) is 3.46. The number of aryl methyl sites for hydroxylation is 1. The minimum Gasteiger partial charge on any atom is -0.497 e. The summed E-state index contributed by atoms with van der Waals surface area (Å²) < 4.78 is 7.04. The second kappa shape index (κ2) is 5.85. The van der Waals surface area contributed by atoms with E-state index in [0.717, 1.165) is 22.2 Å². The van der Waals surface area contributed by atoms with Crippen LogP contribution in [0.2, 0.25) is 0 Å². The van der Waals surface area contributed by atoms with Crippen LogP contribution in [0.15, 0.2) is 55.0 Å². The molecule has 4 nitrogen and oxygen atoms in total. The molecule has 0 spiro atoms. The van der Waals surface area contributed by atoms with Crippen molar-refractivity contribution in [3.63, 3.8) is 0 Å². The molecule has 3 rings (SSSR count).